The lowest BCUT2D eigenvalue weighted by Gasteiger charge is -2.36. The van der Waals surface area contributed by atoms with Crippen molar-refractivity contribution in [2.45, 2.75) is 30.5 Å². The van der Waals surface area contributed by atoms with Crippen LogP contribution in [0.1, 0.15) is 12.8 Å². The van der Waals surface area contributed by atoms with Crippen LogP contribution in [0.2, 0.25) is 0 Å². The van der Waals surface area contributed by atoms with Gasteiger partial charge in [-0.3, -0.25) is 0 Å². The quantitative estimate of drug-likeness (QED) is 0.682. The Kier molecular flexibility index (Phi) is 1.42. The molecule has 0 radical (unpaired) electrons. The average molecular weight is 228 g/mol. The van der Waals surface area contributed by atoms with Gasteiger partial charge >= 0.3 is 12.1 Å². The molecule has 86 valence electrons. The van der Waals surface area contributed by atoms with Crippen molar-refractivity contribution < 1.29 is 27.1 Å². The maximum atomic E-state index is 13.2. The molecule has 4 rings (SSSR count). The molecule has 0 aliphatic heterocycles. The molecule has 0 aromatic carbocycles. The summed E-state index contributed by atoms with van der Waals surface area (Å²) in [5.74, 6) is -6.83. The van der Waals surface area contributed by atoms with Crippen molar-refractivity contribution >= 4 is 0 Å². The van der Waals surface area contributed by atoms with Gasteiger partial charge in [-0.1, -0.05) is 0 Å². The first-order valence-electron chi connectivity index (χ1n) is 4.88. The van der Waals surface area contributed by atoms with Gasteiger partial charge in [0.25, 0.3) is 0 Å². The zero-order valence-corrected chi connectivity index (χ0v) is 7.56. The number of alkyl halides is 5. The molecule has 0 aromatic rings. The van der Waals surface area contributed by atoms with E-state index in [4.69, 9.17) is 0 Å². The predicted molar refractivity (Wildman–Crippen MR) is 39.1 cm³/mol. The topological polar surface area (TPSA) is 20.2 Å². The average Bonchev–Trinajstić information content (AvgIpc) is 2.45. The largest absolute Gasteiger partial charge is 0.456 e. The van der Waals surface area contributed by atoms with Gasteiger partial charge in [-0.2, -0.15) is 22.0 Å². The van der Waals surface area contributed by atoms with Crippen molar-refractivity contribution in [3.8, 4) is 0 Å². The normalized spacial score (nSPS) is 52.4. The molecule has 2 unspecified atom stereocenters. The molecule has 4 bridgehead atoms. The van der Waals surface area contributed by atoms with E-state index in [0.29, 0.717) is 12.8 Å². The molecular weight excluding hydrogens is 219 g/mol. The predicted octanol–water partition coefficient (Wildman–Crippen LogP) is 2.20. The zero-order chi connectivity index (χ0) is 11.2. The second-order valence-corrected chi connectivity index (χ2v) is 4.92. The third-order valence-corrected chi connectivity index (χ3v) is 4.43. The number of aliphatic hydroxyl groups is 1. The molecule has 4 aliphatic rings. The summed E-state index contributed by atoms with van der Waals surface area (Å²) >= 11 is 0. The minimum atomic E-state index is -5.65. The van der Waals surface area contributed by atoms with Crippen LogP contribution in [0.25, 0.3) is 0 Å². The Balaban J connectivity index is 2.01. The van der Waals surface area contributed by atoms with E-state index in [2.05, 4.69) is 0 Å². The first-order chi connectivity index (χ1) is 6.71. The molecule has 0 heterocycles. The van der Waals surface area contributed by atoms with E-state index in [-0.39, 0.29) is 11.8 Å². The first-order valence-corrected chi connectivity index (χ1v) is 4.88. The molecule has 4 fully saturated rings. The summed E-state index contributed by atoms with van der Waals surface area (Å²) in [6.07, 6.45) is -4.98. The van der Waals surface area contributed by atoms with Crippen molar-refractivity contribution in [1.29, 1.82) is 0 Å². The van der Waals surface area contributed by atoms with E-state index in [9.17, 15) is 27.1 Å². The van der Waals surface area contributed by atoms with Gasteiger partial charge < -0.3 is 5.11 Å². The summed E-state index contributed by atoms with van der Waals surface area (Å²) in [6, 6.07) is 0. The molecule has 0 amide bonds. The highest BCUT2D eigenvalue weighted by atomic mass is 19.4. The van der Waals surface area contributed by atoms with Gasteiger partial charge in [-0.15, -0.1) is 0 Å². The minimum absolute atomic E-state index is 0.0896. The summed E-state index contributed by atoms with van der Waals surface area (Å²) in [5, 5.41) is 9.71. The van der Waals surface area contributed by atoms with Gasteiger partial charge in [-0.25, -0.2) is 0 Å². The molecule has 0 aromatic heterocycles. The molecule has 0 spiro atoms. The molecule has 6 heteroatoms. The van der Waals surface area contributed by atoms with E-state index >= 15 is 0 Å². The van der Waals surface area contributed by atoms with Crippen LogP contribution in [0.3, 0.4) is 0 Å². The maximum Gasteiger partial charge on any atom is 0.456 e. The van der Waals surface area contributed by atoms with Crippen LogP contribution in [-0.2, 0) is 0 Å². The van der Waals surface area contributed by atoms with Crippen molar-refractivity contribution in [3.63, 3.8) is 0 Å². The van der Waals surface area contributed by atoms with Crippen LogP contribution in [0.5, 0.6) is 0 Å². The number of rotatable bonds is 1. The van der Waals surface area contributed by atoms with E-state index in [1.165, 1.54) is 0 Å². The van der Waals surface area contributed by atoms with Crippen LogP contribution in [0.4, 0.5) is 22.0 Å². The van der Waals surface area contributed by atoms with Crippen molar-refractivity contribution in [3.05, 3.63) is 0 Å². The van der Waals surface area contributed by atoms with Crippen LogP contribution >= 0.6 is 0 Å². The fourth-order valence-corrected chi connectivity index (χ4v) is 3.82. The lowest BCUT2D eigenvalue weighted by Crippen LogP contribution is -2.59. The number of halogens is 5. The van der Waals surface area contributed by atoms with E-state index in [1.54, 1.807) is 0 Å². The monoisotopic (exact) mass is 228 g/mol. The van der Waals surface area contributed by atoms with Gasteiger partial charge in [0.1, 0.15) is 5.60 Å². The minimum Gasteiger partial charge on any atom is -0.383 e. The highest BCUT2D eigenvalue weighted by Crippen LogP contribution is 2.78. The second-order valence-electron chi connectivity index (χ2n) is 4.92. The van der Waals surface area contributed by atoms with Gasteiger partial charge in [0.15, 0.2) is 0 Å². The zero-order valence-electron chi connectivity index (χ0n) is 7.56. The fourth-order valence-electron chi connectivity index (χ4n) is 3.82. The van der Waals surface area contributed by atoms with Crippen LogP contribution in [0.15, 0.2) is 0 Å². The molecule has 1 nitrogen and oxygen atoms in total. The lowest BCUT2D eigenvalue weighted by atomic mass is 9.85. The summed E-state index contributed by atoms with van der Waals surface area (Å²) in [7, 11) is 0. The Morgan fingerprint density at radius 2 is 1.47 bits per heavy atom. The number of hydrogen-bond donors (Lipinski definition) is 1. The van der Waals surface area contributed by atoms with Gasteiger partial charge in [0.05, 0.1) is 0 Å². The van der Waals surface area contributed by atoms with Crippen molar-refractivity contribution in [1.82, 2.24) is 0 Å². The highest BCUT2D eigenvalue weighted by molar-refractivity contribution is 5.28. The van der Waals surface area contributed by atoms with Crippen molar-refractivity contribution in [2.75, 3.05) is 0 Å². The van der Waals surface area contributed by atoms with E-state index < -0.39 is 29.5 Å². The highest BCUT2D eigenvalue weighted by Gasteiger charge is 2.87. The summed E-state index contributed by atoms with van der Waals surface area (Å²) in [4.78, 5) is 0. The van der Waals surface area contributed by atoms with Gasteiger partial charge in [0, 0.05) is 5.92 Å². The third-order valence-electron chi connectivity index (χ3n) is 4.43. The molecule has 15 heavy (non-hydrogen) atoms. The second kappa shape index (κ2) is 2.17. The summed E-state index contributed by atoms with van der Waals surface area (Å²) < 4.78 is 63.0. The van der Waals surface area contributed by atoms with Crippen molar-refractivity contribution in [2.24, 2.45) is 23.7 Å². The van der Waals surface area contributed by atoms with Crippen LogP contribution in [-0.4, -0.2) is 22.8 Å². The molecular formula is C9H9F5O. The smallest absolute Gasteiger partial charge is 0.383 e. The Morgan fingerprint density at radius 1 is 1.00 bits per heavy atom. The fraction of sp³-hybridized carbons (Fsp3) is 1.00. The van der Waals surface area contributed by atoms with E-state index in [0.717, 1.165) is 0 Å². The van der Waals surface area contributed by atoms with Gasteiger partial charge in [0.2, 0.25) is 0 Å². The molecule has 3 atom stereocenters. The molecule has 1 N–H and O–H groups in total. The SMILES string of the molecule is O[C@@]1(C(F)(F)C(F)(F)F)C2CC3C(C2)C31. The van der Waals surface area contributed by atoms with Gasteiger partial charge in [-0.05, 0) is 30.6 Å². The number of hydrogen-bond acceptors (Lipinski definition) is 1. The summed E-state index contributed by atoms with van der Waals surface area (Å²) in [6.45, 7) is 0. The molecule has 4 aliphatic carbocycles. The Labute approximate surface area is 82.3 Å². The molecule has 4 saturated carbocycles. The first kappa shape index (κ1) is 9.81. The van der Waals surface area contributed by atoms with Crippen LogP contribution in [0, 0.1) is 23.7 Å². The lowest BCUT2D eigenvalue weighted by molar-refractivity contribution is -0.349. The maximum absolute atomic E-state index is 13.2. The summed E-state index contributed by atoms with van der Waals surface area (Å²) in [5.41, 5.74) is -2.82. The van der Waals surface area contributed by atoms with Crippen LogP contribution < -0.4 is 0 Å². The Morgan fingerprint density at radius 3 is 1.73 bits per heavy atom. The Bertz CT molecular complexity index is 309. The molecule has 0 saturated heterocycles. The van der Waals surface area contributed by atoms with E-state index in [1.807, 2.05) is 0 Å². The Hall–Kier alpha value is -0.390. The standard InChI is InChI=1S/C9H9F5O/c10-8(11,9(12,13)14)7(15)3-1-4-5(2-3)6(4)7/h3-6,15H,1-2H2/t3?,4?,5?,6?,7-/m0/s1. The third kappa shape index (κ3) is 0.809.